The summed E-state index contributed by atoms with van der Waals surface area (Å²) in [5.74, 6) is 11.9. The highest BCUT2D eigenvalue weighted by Crippen LogP contribution is 2.72. The fourth-order valence-corrected chi connectivity index (χ4v) is 12.7. The Bertz CT molecular complexity index is 663. The van der Waals surface area contributed by atoms with Crippen molar-refractivity contribution in [2.75, 3.05) is 0 Å². The Balaban J connectivity index is 1.74. The van der Waals surface area contributed by atoms with E-state index in [0.717, 1.165) is 76.9 Å². The van der Waals surface area contributed by atoms with Crippen LogP contribution in [0.1, 0.15) is 115 Å². The molecule has 4 aliphatic rings. The summed E-state index contributed by atoms with van der Waals surface area (Å²) in [7, 11) is 0. The molecule has 0 aromatic rings. The number of hydrogen-bond acceptors (Lipinski definition) is 0. The lowest BCUT2D eigenvalue weighted by atomic mass is 9.35. The maximum atomic E-state index is 2.78. The zero-order valence-electron chi connectivity index (χ0n) is 23.7. The van der Waals surface area contributed by atoms with Crippen LogP contribution in [-0.2, 0) is 0 Å². The minimum atomic E-state index is 0.514. The van der Waals surface area contributed by atoms with Crippen molar-refractivity contribution in [3.8, 4) is 0 Å². The summed E-state index contributed by atoms with van der Waals surface area (Å²) in [4.78, 5) is 0. The first-order valence-corrected chi connectivity index (χ1v) is 14.9. The van der Waals surface area contributed by atoms with Crippen molar-refractivity contribution in [1.29, 1.82) is 0 Å². The van der Waals surface area contributed by atoms with Crippen LogP contribution >= 0.6 is 0 Å². The second-order valence-corrected chi connectivity index (χ2v) is 15.0. The average molecular weight is 443 g/mol. The first-order valence-electron chi connectivity index (χ1n) is 14.9. The minimum Gasteiger partial charge on any atom is -0.0654 e. The van der Waals surface area contributed by atoms with Gasteiger partial charge < -0.3 is 0 Å². The van der Waals surface area contributed by atoms with Crippen LogP contribution < -0.4 is 0 Å². The van der Waals surface area contributed by atoms with Crippen molar-refractivity contribution in [1.82, 2.24) is 0 Å². The Labute approximate surface area is 202 Å². The van der Waals surface area contributed by atoms with Gasteiger partial charge in [0.15, 0.2) is 0 Å². The van der Waals surface area contributed by atoms with Crippen LogP contribution in [0.3, 0.4) is 0 Å². The van der Waals surface area contributed by atoms with E-state index in [-0.39, 0.29) is 0 Å². The van der Waals surface area contributed by atoms with Crippen LogP contribution in [0, 0.1) is 87.8 Å². The number of rotatable bonds is 4. The summed E-state index contributed by atoms with van der Waals surface area (Å²) in [6.07, 6.45) is 8.90. The molecule has 0 heteroatoms. The zero-order valence-corrected chi connectivity index (χ0v) is 23.7. The van der Waals surface area contributed by atoms with Crippen molar-refractivity contribution in [3.05, 3.63) is 0 Å². The Morgan fingerprint density at radius 2 is 1.47 bits per heavy atom. The quantitative estimate of drug-likeness (QED) is 0.406. The van der Waals surface area contributed by atoms with Crippen LogP contribution in [0.25, 0.3) is 0 Å². The molecule has 0 bridgehead atoms. The molecule has 0 heterocycles. The van der Waals surface area contributed by atoms with Crippen LogP contribution in [0.4, 0.5) is 0 Å². The molecule has 14 atom stereocenters. The molecule has 4 saturated carbocycles. The van der Waals surface area contributed by atoms with E-state index in [4.69, 9.17) is 0 Å². The summed E-state index contributed by atoms with van der Waals surface area (Å²) < 4.78 is 0. The Morgan fingerprint density at radius 3 is 2.06 bits per heavy atom. The number of unbranched alkanes of at least 4 members (excludes halogenated alkanes) is 1. The maximum absolute atomic E-state index is 2.78. The lowest BCUT2D eigenvalue weighted by Gasteiger charge is -2.70. The molecule has 4 rings (SSSR count). The molecular formula is C32H58. The largest absolute Gasteiger partial charge is 0.0654 e. The zero-order chi connectivity index (χ0) is 23.7. The molecule has 0 amide bonds. The highest BCUT2D eigenvalue weighted by Gasteiger charge is 2.66. The fraction of sp³-hybridized carbons (Fsp3) is 1.00. The smallest absolute Gasteiger partial charge is 0.0254 e. The predicted molar refractivity (Wildman–Crippen MR) is 140 cm³/mol. The van der Waals surface area contributed by atoms with Crippen LogP contribution in [0.2, 0.25) is 0 Å². The van der Waals surface area contributed by atoms with Gasteiger partial charge in [-0.3, -0.25) is 0 Å². The molecule has 14 unspecified atom stereocenters. The lowest BCUT2D eigenvalue weighted by molar-refractivity contribution is -0.216. The van der Waals surface area contributed by atoms with Crippen LogP contribution in [0.15, 0.2) is 0 Å². The van der Waals surface area contributed by atoms with Gasteiger partial charge in [0.25, 0.3) is 0 Å². The van der Waals surface area contributed by atoms with Gasteiger partial charge in [-0.25, -0.2) is 0 Å². The van der Waals surface area contributed by atoms with Gasteiger partial charge in [-0.1, -0.05) is 95.4 Å². The van der Waals surface area contributed by atoms with Gasteiger partial charge in [-0.2, -0.15) is 0 Å². The molecule has 0 aromatic carbocycles. The highest BCUT2D eigenvalue weighted by atomic mass is 14.7. The summed E-state index contributed by atoms with van der Waals surface area (Å²) in [5.41, 5.74) is 1.06. The number of hydrogen-bond donors (Lipinski definition) is 0. The Hall–Kier alpha value is 0. The van der Waals surface area contributed by atoms with Crippen LogP contribution in [-0.4, -0.2) is 0 Å². The minimum absolute atomic E-state index is 0.514. The third-order valence-corrected chi connectivity index (χ3v) is 13.0. The van der Waals surface area contributed by atoms with Crippen molar-refractivity contribution in [2.24, 2.45) is 87.8 Å². The Kier molecular flexibility index (Phi) is 6.74. The van der Waals surface area contributed by atoms with Crippen LogP contribution in [0.5, 0.6) is 0 Å². The normalized spacial score (nSPS) is 57.8. The van der Waals surface area contributed by atoms with Crippen molar-refractivity contribution < 1.29 is 0 Å². The second-order valence-electron chi connectivity index (χ2n) is 15.0. The van der Waals surface area contributed by atoms with E-state index in [1.54, 1.807) is 6.42 Å². The van der Waals surface area contributed by atoms with E-state index in [2.05, 4.69) is 76.2 Å². The van der Waals surface area contributed by atoms with Gasteiger partial charge in [0, 0.05) is 0 Å². The maximum Gasteiger partial charge on any atom is -0.0254 e. The average Bonchev–Trinajstić information content (AvgIpc) is 2.98. The first-order chi connectivity index (χ1) is 14.9. The van der Waals surface area contributed by atoms with E-state index >= 15 is 0 Å². The third-order valence-electron chi connectivity index (χ3n) is 13.0. The van der Waals surface area contributed by atoms with E-state index in [1.165, 1.54) is 32.1 Å². The first kappa shape index (κ1) is 25.1. The molecule has 0 aliphatic heterocycles. The van der Waals surface area contributed by atoms with E-state index < -0.39 is 0 Å². The van der Waals surface area contributed by atoms with Crippen molar-refractivity contribution in [3.63, 3.8) is 0 Å². The molecule has 0 saturated heterocycles. The van der Waals surface area contributed by atoms with Crippen molar-refractivity contribution >= 4 is 0 Å². The topological polar surface area (TPSA) is 0 Å². The van der Waals surface area contributed by atoms with Gasteiger partial charge in [-0.15, -0.1) is 0 Å². The predicted octanol–water partition coefficient (Wildman–Crippen LogP) is 9.58. The monoisotopic (exact) mass is 442 g/mol. The van der Waals surface area contributed by atoms with Gasteiger partial charge >= 0.3 is 0 Å². The van der Waals surface area contributed by atoms with Gasteiger partial charge in [0.1, 0.15) is 0 Å². The number of fused-ring (bicyclic) bond motifs is 3. The van der Waals surface area contributed by atoms with Gasteiger partial charge in [0.05, 0.1) is 0 Å². The Morgan fingerprint density at radius 1 is 0.812 bits per heavy atom. The third kappa shape index (κ3) is 3.49. The summed E-state index contributed by atoms with van der Waals surface area (Å²) in [5, 5.41) is 0. The molecule has 0 nitrogen and oxygen atoms in total. The van der Waals surface area contributed by atoms with Gasteiger partial charge in [-0.05, 0) is 107 Å². The fourth-order valence-electron chi connectivity index (χ4n) is 12.7. The SMILES string of the molecule is CCCCC1CC(C)C2C(C)C3C(C)C4C(C)C(C)C(C)C(C(C)C)C4(C)CC3(C)CC12. The summed E-state index contributed by atoms with van der Waals surface area (Å²) in [6.45, 7) is 29.0. The standard InChI is InChI=1S/C32H58/c1-12-13-14-25-15-19(4)27-23(8)29-24(9)30-22(7)20(5)21(6)28(18(2)3)32(30,11)17-31(29,10)16-26(25)27/h18-30H,12-17H2,1-11H3. The molecule has 4 fully saturated rings. The lowest BCUT2D eigenvalue weighted by Crippen LogP contribution is -2.64. The molecule has 32 heavy (non-hydrogen) atoms. The van der Waals surface area contributed by atoms with E-state index in [1.807, 2.05) is 0 Å². The summed E-state index contributed by atoms with van der Waals surface area (Å²) >= 11 is 0. The molecule has 0 N–H and O–H groups in total. The van der Waals surface area contributed by atoms with Crippen molar-refractivity contribution in [2.45, 2.75) is 115 Å². The van der Waals surface area contributed by atoms with Gasteiger partial charge in [0.2, 0.25) is 0 Å². The summed E-state index contributed by atoms with van der Waals surface area (Å²) in [6, 6.07) is 0. The molecule has 186 valence electrons. The second kappa shape index (κ2) is 8.59. The molecule has 0 radical (unpaired) electrons. The van der Waals surface area contributed by atoms with E-state index in [9.17, 15) is 0 Å². The molecule has 0 spiro atoms. The van der Waals surface area contributed by atoms with E-state index in [0.29, 0.717) is 10.8 Å². The molecule has 4 aliphatic carbocycles. The molecular weight excluding hydrogens is 384 g/mol. The molecule has 0 aromatic heterocycles. The highest BCUT2D eigenvalue weighted by molar-refractivity contribution is 5.14.